The average Bonchev–Trinajstić information content (AvgIpc) is 2.23. The van der Waals surface area contributed by atoms with Gasteiger partial charge in [0.15, 0.2) is 0 Å². The van der Waals surface area contributed by atoms with Crippen LogP contribution in [0.1, 0.15) is 20.8 Å². The Balaban J connectivity index is 4.04. The number of hydrogen-bond acceptors (Lipinski definition) is 3. The van der Waals surface area contributed by atoms with Gasteiger partial charge in [0.05, 0.1) is 0 Å². The summed E-state index contributed by atoms with van der Waals surface area (Å²) in [5.74, 6) is 0.578. The van der Waals surface area contributed by atoms with Crippen LogP contribution in [0.4, 0.5) is 4.79 Å². The Hall–Kier alpha value is -1.17. The van der Waals surface area contributed by atoms with Gasteiger partial charge in [0.1, 0.15) is 6.04 Å². The number of carboxylic acids is 1. The van der Waals surface area contributed by atoms with Crippen molar-refractivity contribution in [1.29, 1.82) is 0 Å². The van der Waals surface area contributed by atoms with Crippen LogP contribution in [-0.2, 0) is 4.79 Å². The van der Waals surface area contributed by atoms with Crippen molar-refractivity contribution in [1.82, 2.24) is 10.6 Å². The van der Waals surface area contributed by atoms with Crippen LogP contribution in [0.2, 0.25) is 0 Å². The zero-order chi connectivity index (χ0) is 14.2. The second-order valence-corrected chi connectivity index (χ2v) is 6.05. The third-order valence-corrected chi connectivity index (χ3v) is 3.12. The summed E-state index contributed by atoms with van der Waals surface area (Å²) in [6, 6.07) is -1.35. The van der Waals surface area contributed by atoms with Crippen molar-refractivity contribution in [2.24, 2.45) is 5.41 Å². The van der Waals surface area contributed by atoms with Crippen LogP contribution < -0.4 is 10.6 Å². The minimum absolute atomic E-state index is 0.448. The molecular formula is C12H22N2O3S. The molecule has 0 heterocycles. The Labute approximate surface area is 112 Å². The molecule has 18 heavy (non-hydrogen) atoms. The molecule has 1 atom stereocenters. The lowest BCUT2D eigenvalue weighted by Crippen LogP contribution is -2.52. The largest absolute Gasteiger partial charge is 0.480 e. The van der Waals surface area contributed by atoms with E-state index in [-0.39, 0.29) is 0 Å². The van der Waals surface area contributed by atoms with E-state index in [0.29, 0.717) is 6.54 Å². The predicted octanol–water partition coefficient (Wildman–Crippen LogP) is 1.70. The zero-order valence-electron chi connectivity index (χ0n) is 11.2. The molecular weight excluding hydrogens is 252 g/mol. The van der Waals surface area contributed by atoms with Crippen LogP contribution in [0.25, 0.3) is 0 Å². The normalized spacial score (nSPS) is 12.6. The number of hydrogen-bond donors (Lipinski definition) is 3. The molecule has 104 valence electrons. The number of thioether (sulfide) groups is 1. The molecule has 0 radical (unpaired) electrons. The molecule has 0 saturated carbocycles. The molecule has 3 N–H and O–H groups in total. The molecule has 0 aliphatic heterocycles. The van der Waals surface area contributed by atoms with Gasteiger partial charge in [0.2, 0.25) is 0 Å². The summed E-state index contributed by atoms with van der Waals surface area (Å²) < 4.78 is 0. The first-order valence-corrected chi connectivity index (χ1v) is 6.90. The van der Waals surface area contributed by atoms with E-state index in [1.54, 1.807) is 38.6 Å². The first-order chi connectivity index (χ1) is 8.29. The van der Waals surface area contributed by atoms with Gasteiger partial charge in [-0.15, -0.1) is 6.58 Å². The van der Waals surface area contributed by atoms with Gasteiger partial charge in [0, 0.05) is 18.1 Å². The van der Waals surface area contributed by atoms with Crippen LogP contribution in [0, 0.1) is 5.41 Å². The van der Waals surface area contributed by atoms with E-state index in [0.717, 1.165) is 11.5 Å². The first kappa shape index (κ1) is 16.8. The van der Waals surface area contributed by atoms with E-state index in [1.807, 2.05) is 0 Å². The molecule has 0 aromatic rings. The van der Waals surface area contributed by atoms with E-state index in [1.165, 1.54) is 0 Å². The van der Waals surface area contributed by atoms with Crippen LogP contribution in [0.3, 0.4) is 0 Å². The summed E-state index contributed by atoms with van der Waals surface area (Å²) >= 11 is 1.65. The molecule has 5 nitrogen and oxygen atoms in total. The number of nitrogens with one attached hydrogen (secondary N) is 2. The summed E-state index contributed by atoms with van der Waals surface area (Å²) in [5, 5.41) is 14.1. The molecule has 6 heteroatoms. The fourth-order valence-corrected chi connectivity index (χ4v) is 1.81. The highest BCUT2D eigenvalue weighted by atomic mass is 32.2. The SMILES string of the molecule is C=CCSCCNC(=O)N[C@H](C(=O)O)C(C)(C)C. The summed E-state index contributed by atoms with van der Waals surface area (Å²) in [7, 11) is 0. The topological polar surface area (TPSA) is 78.4 Å². The van der Waals surface area contributed by atoms with Crippen molar-refractivity contribution < 1.29 is 14.7 Å². The van der Waals surface area contributed by atoms with Gasteiger partial charge in [-0.05, 0) is 5.41 Å². The van der Waals surface area contributed by atoms with E-state index >= 15 is 0 Å². The second-order valence-electron chi connectivity index (χ2n) is 4.90. The molecule has 0 unspecified atom stereocenters. The third kappa shape index (κ3) is 7.21. The highest BCUT2D eigenvalue weighted by molar-refractivity contribution is 7.99. The first-order valence-electron chi connectivity index (χ1n) is 5.75. The van der Waals surface area contributed by atoms with Gasteiger partial charge in [-0.3, -0.25) is 0 Å². The highest BCUT2D eigenvalue weighted by Gasteiger charge is 2.32. The second kappa shape index (κ2) is 8.02. The van der Waals surface area contributed by atoms with E-state index < -0.39 is 23.5 Å². The minimum Gasteiger partial charge on any atom is -0.480 e. The number of carbonyl (C=O) groups excluding carboxylic acids is 1. The maximum atomic E-state index is 11.5. The Kier molecular flexibility index (Phi) is 7.50. The van der Waals surface area contributed by atoms with E-state index in [9.17, 15) is 9.59 Å². The van der Waals surface area contributed by atoms with Gasteiger partial charge < -0.3 is 15.7 Å². The molecule has 0 aromatic heterocycles. The van der Waals surface area contributed by atoms with Gasteiger partial charge in [-0.25, -0.2) is 9.59 Å². The Morgan fingerprint density at radius 2 is 2.06 bits per heavy atom. The molecule has 0 rings (SSSR count). The molecule has 0 spiro atoms. The van der Waals surface area contributed by atoms with Crippen molar-refractivity contribution in [2.75, 3.05) is 18.1 Å². The molecule has 0 fully saturated rings. The average molecular weight is 274 g/mol. The van der Waals surface area contributed by atoms with Crippen molar-refractivity contribution in [3.05, 3.63) is 12.7 Å². The highest BCUT2D eigenvalue weighted by Crippen LogP contribution is 2.19. The number of carbonyl (C=O) groups is 2. The fourth-order valence-electron chi connectivity index (χ4n) is 1.23. The molecule has 0 aliphatic carbocycles. The van der Waals surface area contributed by atoms with E-state index in [2.05, 4.69) is 17.2 Å². The Morgan fingerprint density at radius 1 is 1.44 bits per heavy atom. The molecule has 0 bridgehead atoms. The summed E-state index contributed by atoms with van der Waals surface area (Å²) in [6.45, 7) is 9.40. The third-order valence-electron chi connectivity index (χ3n) is 2.16. The van der Waals surface area contributed by atoms with Crippen molar-refractivity contribution in [2.45, 2.75) is 26.8 Å². The van der Waals surface area contributed by atoms with Crippen molar-refractivity contribution in [3.8, 4) is 0 Å². The molecule has 0 saturated heterocycles. The van der Waals surface area contributed by atoms with Crippen molar-refractivity contribution in [3.63, 3.8) is 0 Å². The number of urea groups is 1. The zero-order valence-corrected chi connectivity index (χ0v) is 12.0. The lowest BCUT2D eigenvalue weighted by Gasteiger charge is -2.27. The van der Waals surface area contributed by atoms with Gasteiger partial charge in [0.25, 0.3) is 0 Å². The van der Waals surface area contributed by atoms with Crippen molar-refractivity contribution >= 4 is 23.8 Å². The monoisotopic (exact) mass is 274 g/mol. The van der Waals surface area contributed by atoms with Gasteiger partial charge in [-0.2, -0.15) is 11.8 Å². The van der Waals surface area contributed by atoms with Crippen LogP contribution in [0.15, 0.2) is 12.7 Å². The Morgan fingerprint density at radius 3 is 2.50 bits per heavy atom. The molecule has 0 aromatic carbocycles. The lowest BCUT2D eigenvalue weighted by molar-refractivity contribution is -0.141. The maximum Gasteiger partial charge on any atom is 0.326 e. The standard InChI is InChI=1S/C12H22N2O3S/c1-5-7-18-8-6-13-11(17)14-9(10(15)16)12(2,3)4/h5,9H,1,6-8H2,2-4H3,(H,15,16)(H2,13,14,17)/t9-/m1/s1. The van der Waals surface area contributed by atoms with Crippen LogP contribution in [-0.4, -0.2) is 41.2 Å². The van der Waals surface area contributed by atoms with Gasteiger partial charge >= 0.3 is 12.0 Å². The fraction of sp³-hybridized carbons (Fsp3) is 0.667. The Bertz CT molecular complexity index is 300. The van der Waals surface area contributed by atoms with Crippen LogP contribution >= 0.6 is 11.8 Å². The number of carboxylic acid groups (broad SMARTS) is 1. The number of rotatable bonds is 7. The van der Waals surface area contributed by atoms with E-state index in [4.69, 9.17) is 5.11 Å². The van der Waals surface area contributed by atoms with Crippen LogP contribution in [0.5, 0.6) is 0 Å². The number of amides is 2. The maximum absolute atomic E-state index is 11.5. The number of aliphatic carboxylic acids is 1. The summed E-state index contributed by atoms with van der Waals surface area (Å²) in [4.78, 5) is 22.6. The summed E-state index contributed by atoms with van der Waals surface area (Å²) in [6.07, 6.45) is 1.80. The minimum atomic E-state index is -1.03. The quantitative estimate of drug-likeness (QED) is 0.488. The smallest absolute Gasteiger partial charge is 0.326 e. The summed E-state index contributed by atoms with van der Waals surface area (Å²) in [5.41, 5.74) is -0.527. The predicted molar refractivity (Wildman–Crippen MR) is 74.9 cm³/mol. The molecule has 2 amide bonds. The molecule has 0 aliphatic rings. The lowest BCUT2D eigenvalue weighted by atomic mass is 9.87. The van der Waals surface area contributed by atoms with Gasteiger partial charge in [-0.1, -0.05) is 26.8 Å².